The second-order valence-electron chi connectivity index (χ2n) is 3.50. The molecule has 0 N–H and O–H groups in total. The molecule has 0 saturated carbocycles. The van der Waals surface area contributed by atoms with Crippen molar-refractivity contribution in [1.29, 1.82) is 0 Å². The number of carbonyl (C=O) groups excluding carboxylic acids is 1. The molecule has 1 fully saturated rings. The van der Waals surface area contributed by atoms with Crippen molar-refractivity contribution < 1.29 is 50.1 Å². The van der Waals surface area contributed by atoms with E-state index in [1.807, 2.05) is 0 Å². The molecule has 0 aromatic carbocycles. The van der Waals surface area contributed by atoms with E-state index in [4.69, 9.17) is 14.2 Å². The molecule has 5 heteroatoms. The van der Waals surface area contributed by atoms with E-state index in [1.54, 1.807) is 6.42 Å². The van der Waals surface area contributed by atoms with Crippen LogP contribution in [0.3, 0.4) is 0 Å². The van der Waals surface area contributed by atoms with Crippen molar-refractivity contribution >= 4 is 5.97 Å². The van der Waals surface area contributed by atoms with E-state index in [-0.39, 0.29) is 43.3 Å². The molecule has 1 aliphatic rings. The van der Waals surface area contributed by atoms with Crippen LogP contribution in [0, 0.1) is 44.5 Å². The van der Waals surface area contributed by atoms with Crippen LogP contribution in [0.1, 0.15) is 0 Å². The molecule has 0 spiro atoms. The molecule has 3 atom stereocenters. The van der Waals surface area contributed by atoms with E-state index >= 15 is 0 Å². The number of rotatable bonds is 6. The summed E-state index contributed by atoms with van der Waals surface area (Å²) in [5, 5.41) is 0. The van der Waals surface area contributed by atoms with Gasteiger partial charge in [0.05, 0.1) is 6.61 Å². The summed E-state index contributed by atoms with van der Waals surface area (Å²) in [6.07, 6.45) is 3.15. The predicted molar refractivity (Wildman–Crippen MR) is 63.7 cm³/mol. The van der Waals surface area contributed by atoms with Crippen LogP contribution in [0.25, 0.3) is 0 Å². The summed E-state index contributed by atoms with van der Waals surface area (Å²) in [7, 11) is 0. The minimum absolute atomic E-state index is 0. The second kappa shape index (κ2) is 8.58. The van der Waals surface area contributed by atoms with Crippen molar-refractivity contribution in [3.05, 3.63) is 51.0 Å². The third kappa shape index (κ3) is 5.43. The summed E-state index contributed by atoms with van der Waals surface area (Å²) < 4.78 is 15.7. The van der Waals surface area contributed by atoms with E-state index in [2.05, 4.69) is 26.7 Å². The standard InChI is InChI=1S/C13H16O4.U/c1-5-9(3)16-11-7-12(15-8-11)10(4)17-13(14)6-2;/h5-7,10-12H,1-4,8H2;/q-2;+2. The smallest absolute Gasteiger partial charge is 0.520 e. The van der Waals surface area contributed by atoms with E-state index in [0.29, 0.717) is 12.4 Å². The van der Waals surface area contributed by atoms with Gasteiger partial charge in [-0.3, -0.25) is 6.42 Å². The summed E-state index contributed by atoms with van der Waals surface area (Å²) in [4.78, 5) is 11.0. The average Bonchev–Trinajstić information content (AvgIpc) is 2.77. The molecule has 4 nitrogen and oxygen atoms in total. The summed E-state index contributed by atoms with van der Waals surface area (Å²) in [6.45, 7) is 14.5. The van der Waals surface area contributed by atoms with Gasteiger partial charge in [0.1, 0.15) is 5.76 Å². The Morgan fingerprint density at radius 3 is 2.72 bits per heavy atom. The Morgan fingerprint density at radius 1 is 1.50 bits per heavy atom. The SMILES string of the molecule is C=CC(=C)OC1[CH-]C(C([CH2-])OC(=O)C=C)OC1.[U+2]. The van der Waals surface area contributed by atoms with Crippen LogP contribution < -0.4 is 0 Å². The van der Waals surface area contributed by atoms with Gasteiger partial charge in [0, 0.05) is 12.2 Å². The van der Waals surface area contributed by atoms with Crippen LogP contribution in [-0.4, -0.2) is 30.9 Å². The molecule has 0 radical (unpaired) electrons. The topological polar surface area (TPSA) is 44.8 Å². The van der Waals surface area contributed by atoms with Gasteiger partial charge in [-0.1, -0.05) is 25.8 Å². The first kappa shape index (κ1) is 17.5. The van der Waals surface area contributed by atoms with Gasteiger partial charge < -0.3 is 21.1 Å². The minimum Gasteiger partial charge on any atom is -0.520 e. The average molecular weight is 474 g/mol. The van der Waals surface area contributed by atoms with Crippen LogP contribution in [0.5, 0.6) is 0 Å². The van der Waals surface area contributed by atoms with Crippen molar-refractivity contribution in [2.45, 2.75) is 18.3 Å². The number of ether oxygens (including phenoxy) is 3. The molecule has 18 heavy (non-hydrogen) atoms. The molecule has 0 aromatic rings. The fraction of sp³-hybridized carbons (Fsp3) is 0.308. The van der Waals surface area contributed by atoms with E-state index < -0.39 is 12.1 Å². The number of esters is 1. The van der Waals surface area contributed by atoms with Crippen LogP contribution >= 0.6 is 0 Å². The molecule has 1 rings (SSSR count). The normalized spacial score (nSPS) is 23.4. The number of hydrogen-bond acceptors (Lipinski definition) is 4. The number of allylic oxidation sites excluding steroid dienone is 1. The molecule has 1 aliphatic heterocycles. The Morgan fingerprint density at radius 2 is 2.17 bits per heavy atom. The van der Waals surface area contributed by atoms with Gasteiger partial charge in [0.15, 0.2) is 0 Å². The first-order valence-corrected chi connectivity index (χ1v) is 5.17. The fourth-order valence-corrected chi connectivity index (χ4v) is 1.34. The second-order valence-corrected chi connectivity index (χ2v) is 3.50. The molecule has 0 amide bonds. The maximum atomic E-state index is 11.0. The van der Waals surface area contributed by atoms with Crippen LogP contribution in [-0.2, 0) is 19.0 Å². The molecule has 0 aliphatic carbocycles. The fourth-order valence-electron chi connectivity index (χ4n) is 1.34. The maximum absolute atomic E-state index is 11.0. The van der Waals surface area contributed by atoms with E-state index in [9.17, 15) is 4.79 Å². The molecule has 1 heterocycles. The van der Waals surface area contributed by atoms with Crippen LogP contribution in [0.4, 0.5) is 0 Å². The van der Waals surface area contributed by atoms with Gasteiger partial charge in [-0.05, 0) is 12.2 Å². The Kier molecular flexibility index (Phi) is 8.34. The predicted octanol–water partition coefficient (Wildman–Crippen LogP) is 1.61. The molecule has 0 bridgehead atoms. The molecule has 1 saturated heterocycles. The van der Waals surface area contributed by atoms with Gasteiger partial charge in [0.25, 0.3) is 0 Å². The van der Waals surface area contributed by atoms with Gasteiger partial charge in [-0.25, -0.2) is 4.79 Å². The molecule has 96 valence electrons. The van der Waals surface area contributed by atoms with Gasteiger partial charge in [-0.2, -0.15) is 0 Å². The quantitative estimate of drug-likeness (QED) is 0.193. The third-order valence-corrected chi connectivity index (χ3v) is 2.19. The van der Waals surface area contributed by atoms with Gasteiger partial charge >= 0.3 is 37.1 Å². The Bertz CT molecular complexity index is 327. The molecular formula is C13H16O4U. The summed E-state index contributed by atoms with van der Waals surface area (Å²) in [5.74, 6) is -0.0546. The van der Waals surface area contributed by atoms with Crippen molar-refractivity contribution in [2.75, 3.05) is 6.61 Å². The zero-order valence-electron chi connectivity index (χ0n) is 10.1. The Balaban J connectivity index is 0.00000289. The summed E-state index contributed by atoms with van der Waals surface area (Å²) >= 11 is 0. The zero-order valence-corrected chi connectivity index (χ0v) is 14.3. The van der Waals surface area contributed by atoms with E-state index in [0.717, 1.165) is 6.08 Å². The summed E-state index contributed by atoms with van der Waals surface area (Å²) in [5.41, 5.74) is 0. The van der Waals surface area contributed by atoms with Crippen molar-refractivity contribution in [1.82, 2.24) is 0 Å². The third-order valence-electron chi connectivity index (χ3n) is 2.19. The molecular weight excluding hydrogens is 458 g/mol. The van der Waals surface area contributed by atoms with Crippen molar-refractivity contribution in [3.63, 3.8) is 0 Å². The van der Waals surface area contributed by atoms with Gasteiger partial charge in [0.2, 0.25) is 0 Å². The van der Waals surface area contributed by atoms with Crippen molar-refractivity contribution in [3.8, 4) is 0 Å². The first-order valence-electron chi connectivity index (χ1n) is 5.17. The Hall–Kier alpha value is -0.498. The van der Waals surface area contributed by atoms with Crippen molar-refractivity contribution in [2.24, 2.45) is 0 Å². The number of hydrogen-bond donors (Lipinski definition) is 0. The monoisotopic (exact) mass is 474 g/mol. The minimum atomic E-state index is -0.619. The van der Waals surface area contributed by atoms with E-state index in [1.165, 1.54) is 6.08 Å². The largest absolute Gasteiger partial charge is 2.00 e. The molecule has 0 aromatic heterocycles. The maximum Gasteiger partial charge on any atom is 2.00 e. The Labute approximate surface area is 131 Å². The zero-order chi connectivity index (χ0) is 12.8. The summed E-state index contributed by atoms with van der Waals surface area (Å²) in [6, 6.07) is 0. The molecule has 3 unspecified atom stereocenters. The number of carbonyl (C=O) groups is 1. The first-order chi connectivity index (χ1) is 8.06. The van der Waals surface area contributed by atoms with Gasteiger partial charge in [-0.15, -0.1) is 0 Å². The van der Waals surface area contributed by atoms with Crippen LogP contribution in [0.15, 0.2) is 37.6 Å². The van der Waals surface area contributed by atoms with Crippen LogP contribution in [0.2, 0.25) is 0 Å².